The molecule has 0 saturated heterocycles. The van der Waals surface area contributed by atoms with Crippen molar-refractivity contribution in [3.8, 4) is 6.07 Å². The van der Waals surface area contributed by atoms with Gasteiger partial charge < -0.3 is 10.0 Å². The normalized spacial score (nSPS) is 9.40. The first-order valence-electron chi connectivity index (χ1n) is 4.17. The average Bonchev–Trinajstić information content (AvgIpc) is 2.16. The number of carboxylic acid groups (broad SMARTS) is 1. The van der Waals surface area contributed by atoms with Crippen LogP contribution in [0.1, 0.15) is 5.56 Å². The van der Waals surface area contributed by atoms with E-state index in [0.717, 1.165) is 6.07 Å². The summed E-state index contributed by atoms with van der Waals surface area (Å²) in [7, 11) is 1.49. The van der Waals surface area contributed by atoms with Crippen molar-refractivity contribution in [3.05, 3.63) is 29.6 Å². The summed E-state index contributed by atoms with van der Waals surface area (Å²) in [5, 5.41) is 17.3. The molecule has 5 heteroatoms. The van der Waals surface area contributed by atoms with Gasteiger partial charge in [-0.05, 0) is 12.1 Å². The average molecular weight is 208 g/mol. The first-order valence-corrected chi connectivity index (χ1v) is 4.17. The summed E-state index contributed by atoms with van der Waals surface area (Å²) in [6, 6.07) is 5.81. The molecule has 0 fully saturated rings. The number of likely N-dealkylation sites (N-methyl/N-ethyl adjacent to an activating group) is 1. The third-order valence-electron chi connectivity index (χ3n) is 1.89. The molecule has 1 aromatic carbocycles. The van der Waals surface area contributed by atoms with Crippen LogP contribution in [0, 0.1) is 17.1 Å². The molecule has 0 spiro atoms. The zero-order valence-corrected chi connectivity index (χ0v) is 8.07. The maximum absolute atomic E-state index is 13.2. The number of anilines is 1. The lowest BCUT2D eigenvalue weighted by Crippen LogP contribution is -2.26. The molecule has 0 amide bonds. The summed E-state index contributed by atoms with van der Waals surface area (Å²) in [4.78, 5) is 11.8. The van der Waals surface area contributed by atoms with Crippen LogP contribution >= 0.6 is 0 Å². The van der Waals surface area contributed by atoms with Crippen LogP contribution < -0.4 is 4.90 Å². The molecule has 1 aromatic rings. The number of carboxylic acids is 1. The predicted octanol–water partition coefficient (Wildman–Crippen LogP) is 1.22. The number of halogens is 1. The van der Waals surface area contributed by atoms with E-state index >= 15 is 0 Å². The molecular formula is C10H9FN2O2. The predicted molar refractivity (Wildman–Crippen MR) is 52.0 cm³/mol. The molecule has 0 heterocycles. The fourth-order valence-corrected chi connectivity index (χ4v) is 1.23. The van der Waals surface area contributed by atoms with Crippen LogP contribution in [0.25, 0.3) is 0 Å². The molecule has 1 N–H and O–H groups in total. The molecule has 0 radical (unpaired) electrons. The van der Waals surface area contributed by atoms with E-state index in [-0.39, 0.29) is 17.8 Å². The number of hydrogen-bond donors (Lipinski definition) is 1. The van der Waals surface area contributed by atoms with Gasteiger partial charge in [0.25, 0.3) is 0 Å². The maximum Gasteiger partial charge on any atom is 0.323 e. The minimum atomic E-state index is -1.04. The number of benzene rings is 1. The molecule has 15 heavy (non-hydrogen) atoms. The molecule has 0 saturated carbocycles. The number of nitriles is 1. The Morgan fingerprint density at radius 3 is 2.87 bits per heavy atom. The fourth-order valence-electron chi connectivity index (χ4n) is 1.23. The Labute approximate surface area is 86.2 Å². The van der Waals surface area contributed by atoms with Crippen LogP contribution in [0.15, 0.2) is 18.2 Å². The van der Waals surface area contributed by atoms with Crippen molar-refractivity contribution in [1.82, 2.24) is 0 Å². The number of hydrogen-bond acceptors (Lipinski definition) is 3. The van der Waals surface area contributed by atoms with Crippen LogP contribution in [0.4, 0.5) is 10.1 Å². The Morgan fingerprint density at radius 1 is 1.67 bits per heavy atom. The summed E-state index contributed by atoms with van der Waals surface area (Å²) in [5.74, 6) is -1.68. The van der Waals surface area contributed by atoms with Crippen LogP contribution in [-0.2, 0) is 4.79 Å². The van der Waals surface area contributed by atoms with Crippen molar-refractivity contribution in [1.29, 1.82) is 5.26 Å². The Morgan fingerprint density at radius 2 is 2.33 bits per heavy atom. The number of aliphatic carboxylic acids is 1. The first-order chi connectivity index (χ1) is 7.06. The Bertz CT molecular complexity index is 426. The summed E-state index contributed by atoms with van der Waals surface area (Å²) in [6.45, 7) is -0.280. The van der Waals surface area contributed by atoms with E-state index in [1.165, 1.54) is 24.1 Å². The van der Waals surface area contributed by atoms with E-state index in [0.29, 0.717) is 0 Å². The highest BCUT2D eigenvalue weighted by Crippen LogP contribution is 2.20. The van der Waals surface area contributed by atoms with Crippen molar-refractivity contribution in [2.75, 3.05) is 18.5 Å². The minimum absolute atomic E-state index is 0.138. The highest BCUT2D eigenvalue weighted by molar-refractivity contribution is 5.74. The van der Waals surface area contributed by atoms with Crippen molar-refractivity contribution in [3.63, 3.8) is 0 Å². The van der Waals surface area contributed by atoms with E-state index in [9.17, 15) is 9.18 Å². The van der Waals surface area contributed by atoms with Crippen molar-refractivity contribution < 1.29 is 14.3 Å². The smallest absolute Gasteiger partial charge is 0.323 e. The molecule has 0 bridgehead atoms. The number of rotatable bonds is 3. The van der Waals surface area contributed by atoms with Gasteiger partial charge in [0.1, 0.15) is 24.0 Å². The largest absolute Gasteiger partial charge is 0.480 e. The van der Waals surface area contributed by atoms with E-state index < -0.39 is 11.8 Å². The molecule has 0 aliphatic rings. The van der Waals surface area contributed by atoms with Crippen LogP contribution in [0.5, 0.6) is 0 Å². The molecule has 78 valence electrons. The molecule has 0 aliphatic heterocycles. The van der Waals surface area contributed by atoms with Gasteiger partial charge in [0.05, 0.1) is 5.69 Å². The van der Waals surface area contributed by atoms with E-state index in [1.807, 2.05) is 0 Å². The number of carbonyl (C=O) groups is 1. The Kier molecular flexibility index (Phi) is 3.24. The van der Waals surface area contributed by atoms with Crippen molar-refractivity contribution >= 4 is 11.7 Å². The van der Waals surface area contributed by atoms with E-state index in [2.05, 4.69) is 0 Å². The SMILES string of the molecule is CN(CC(=O)O)c1cccc(F)c1C#N. The molecule has 0 aromatic heterocycles. The third kappa shape index (κ3) is 2.44. The number of nitrogens with zero attached hydrogens (tertiary/aromatic N) is 2. The summed E-state index contributed by atoms with van der Waals surface area (Å²) in [6.07, 6.45) is 0. The zero-order chi connectivity index (χ0) is 11.4. The van der Waals surface area contributed by atoms with Gasteiger partial charge in [-0.15, -0.1) is 0 Å². The van der Waals surface area contributed by atoms with Crippen molar-refractivity contribution in [2.45, 2.75) is 0 Å². The first kappa shape index (κ1) is 11.0. The quantitative estimate of drug-likeness (QED) is 0.811. The topological polar surface area (TPSA) is 64.3 Å². The maximum atomic E-state index is 13.2. The summed E-state index contributed by atoms with van der Waals surface area (Å²) in [5.41, 5.74) is 0.140. The molecule has 0 aliphatic carbocycles. The van der Waals surface area contributed by atoms with E-state index in [1.54, 1.807) is 6.07 Å². The Hall–Kier alpha value is -2.09. The van der Waals surface area contributed by atoms with E-state index in [4.69, 9.17) is 10.4 Å². The molecule has 4 nitrogen and oxygen atoms in total. The minimum Gasteiger partial charge on any atom is -0.480 e. The summed E-state index contributed by atoms with van der Waals surface area (Å²) >= 11 is 0. The fraction of sp³-hybridized carbons (Fsp3) is 0.200. The lowest BCUT2D eigenvalue weighted by molar-refractivity contribution is -0.135. The standard InChI is InChI=1S/C10H9FN2O2/c1-13(6-10(14)15)9-4-2-3-8(11)7(9)5-12/h2-4H,6H2,1H3,(H,14,15). The highest BCUT2D eigenvalue weighted by atomic mass is 19.1. The van der Waals surface area contributed by atoms with Gasteiger partial charge in [0.15, 0.2) is 0 Å². The summed E-state index contributed by atoms with van der Waals surface area (Å²) < 4.78 is 13.2. The lowest BCUT2D eigenvalue weighted by atomic mass is 10.1. The second kappa shape index (κ2) is 4.42. The highest BCUT2D eigenvalue weighted by Gasteiger charge is 2.13. The Balaban J connectivity index is 3.09. The third-order valence-corrected chi connectivity index (χ3v) is 1.89. The van der Waals surface area contributed by atoms with Crippen LogP contribution in [0.3, 0.4) is 0 Å². The van der Waals surface area contributed by atoms with Gasteiger partial charge in [-0.3, -0.25) is 4.79 Å². The second-order valence-corrected chi connectivity index (χ2v) is 3.00. The monoisotopic (exact) mass is 208 g/mol. The van der Waals surface area contributed by atoms with Crippen LogP contribution in [0.2, 0.25) is 0 Å². The molecule has 1 rings (SSSR count). The second-order valence-electron chi connectivity index (χ2n) is 3.00. The van der Waals surface area contributed by atoms with Gasteiger partial charge in [-0.1, -0.05) is 6.07 Å². The van der Waals surface area contributed by atoms with Crippen LogP contribution in [-0.4, -0.2) is 24.7 Å². The van der Waals surface area contributed by atoms with Gasteiger partial charge in [0, 0.05) is 7.05 Å². The molecule has 0 atom stereocenters. The van der Waals surface area contributed by atoms with Gasteiger partial charge in [-0.25, -0.2) is 4.39 Å². The van der Waals surface area contributed by atoms with Gasteiger partial charge in [-0.2, -0.15) is 5.26 Å². The molecular weight excluding hydrogens is 199 g/mol. The zero-order valence-electron chi connectivity index (χ0n) is 8.07. The van der Waals surface area contributed by atoms with Crippen molar-refractivity contribution in [2.24, 2.45) is 0 Å². The lowest BCUT2D eigenvalue weighted by Gasteiger charge is -2.17. The van der Waals surface area contributed by atoms with Gasteiger partial charge >= 0.3 is 5.97 Å². The molecule has 0 unspecified atom stereocenters. The van der Waals surface area contributed by atoms with Gasteiger partial charge in [0.2, 0.25) is 0 Å².